The van der Waals surface area contributed by atoms with Crippen LogP contribution in [0.4, 0.5) is 19.0 Å². The lowest BCUT2D eigenvalue weighted by molar-refractivity contribution is -0.137. The quantitative estimate of drug-likeness (QED) is 0.387. The van der Waals surface area contributed by atoms with Crippen molar-refractivity contribution in [2.75, 3.05) is 12.8 Å². The van der Waals surface area contributed by atoms with Gasteiger partial charge in [-0.2, -0.15) is 13.2 Å². The Balaban J connectivity index is 1.57. The first kappa shape index (κ1) is 24.7. The van der Waals surface area contributed by atoms with E-state index in [1.165, 1.54) is 6.07 Å². The standard InChI is InChI=1S/C28H25F3N4O2/c1-16-11-19-12-18(7-10-23(19)34-26(16)32)27(36)35(15-21-9-8-20(14-33-21)28(29,30)31)25-22-6-4-3-5-17(22)13-24(25)37-2/h3-12,14,24-25H,13,15H2,1-2H3,(H2,32,34)/t24-,25-/m0/s1. The number of pyridine rings is 2. The number of anilines is 1. The summed E-state index contributed by atoms with van der Waals surface area (Å²) in [6.45, 7) is 1.85. The molecule has 2 aromatic heterocycles. The minimum Gasteiger partial charge on any atom is -0.383 e. The SMILES string of the molecule is CO[C@H]1Cc2ccccc2[C@@H]1N(Cc1ccc(C(F)(F)F)cn1)C(=O)c1ccc2nc(N)c(C)cc2c1. The summed E-state index contributed by atoms with van der Waals surface area (Å²) in [6.07, 6.45) is -3.40. The predicted molar refractivity (Wildman–Crippen MR) is 134 cm³/mol. The zero-order valence-corrected chi connectivity index (χ0v) is 20.3. The van der Waals surface area contributed by atoms with Gasteiger partial charge in [-0.25, -0.2) is 4.98 Å². The molecule has 1 aliphatic rings. The fourth-order valence-corrected chi connectivity index (χ4v) is 4.87. The zero-order chi connectivity index (χ0) is 26.3. The van der Waals surface area contributed by atoms with Gasteiger partial charge in [0.15, 0.2) is 0 Å². The third-order valence-corrected chi connectivity index (χ3v) is 6.82. The Morgan fingerprint density at radius 1 is 1.14 bits per heavy atom. The van der Waals surface area contributed by atoms with Gasteiger partial charge in [-0.3, -0.25) is 9.78 Å². The summed E-state index contributed by atoms with van der Waals surface area (Å²) >= 11 is 0. The maximum Gasteiger partial charge on any atom is 0.417 e. The minimum absolute atomic E-state index is 0.00683. The molecule has 1 aliphatic carbocycles. The van der Waals surface area contributed by atoms with Crippen LogP contribution in [0.2, 0.25) is 0 Å². The van der Waals surface area contributed by atoms with Crippen LogP contribution in [0.3, 0.4) is 0 Å². The number of amides is 1. The first-order chi connectivity index (χ1) is 17.7. The average Bonchev–Trinajstić information content (AvgIpc) is 3.25. The predicted octanol–water partition coefficient (Wildman–Crippen LogP) is 5.49. The van der Waals surface area contributed by atoms with E-state index in [1.54, 1.807) is 30.2 Å². The Morgan fingerprint density at radius 3 is 2.62 bits per heavy atom. The number of nitrogens with two attached hydrogens (primary N) is 1. The van der Waals surface area contributed by atoms with Crippen LogP contribution in [-0.2, 0) is 23.9 Å². The normalized spacial score (nSPS) is 17.1. The molecule has 2 heterocycles. The zero-order valence-electron chi connectivity index (χ0n) is 20.3. The van der Waals surface area contributed by atoms with E-state index in [4.69, 9.17) is 10.5 Å². The molecule has 0 spiro atoms. The van der Waals surface area contributed by atoms with Gasteiger partial charge >= 0.3 is 6.18 Å². The number of carbonyl (C=O) groups excluding carboxylic acids is 1. The van der Waals surface area contributed by atoms with Crippen LogP contribution in [0.5, 0.6) is 0 Å². The van der Waals surface area contributed by atoms with Crippen LogP contribution >= 0.6 is 0 Å². The molecular formula is C28H25F3N4O2. The minimum atomic E-state index is -4.49. The second-order valence-corrected chi connectivity index (χ2v) is 9.19. The number of alkyl halides is 3. The number of carbonyl (C=O) groups is 1. The van der Waals surface area contributed by atoms with Crippen molar-refractivity contribution in [3.63, 3.8) is 0 Å². The lowest BCUT2D eigenvalue weighted by atomic mass is 10.0. The summed E-state index contributed by atoms with van der Waals surface area (Å²) < 4.78 is 45.0. The molecule has 0 aliphatic heterocycles. The van der Waals surface area contributed by atoms with Crippen molar-refractivity contribution in [1.82, 2.24) is 14.9 Å². The van der Waals surface area contributed by atoms with E-state index in [9.17, 15) is 18.0 Å². The Morgan fingerprint density at radius 2 is 1.92 bits per heavy atom. The highest BCUT2D eigenvalue weighted by molar-refractivity contribution is 5.98. The number of fused-ring (bicyclic) bond motifs is 2. The number of benzene rings is 2. The number of ether oxygens (including phenoxy) is 1. The number of aryl methyl sites for hydroxylation is 1. The summed E-state index contributed by atoms with van der Waals surface area (Å²) in [6, 6.07) is 16.7. The lowest BCUT2D eigenvalue weighted by Gasteiger charge is -2.33. The largest absolute Gasteiger partial charge is 0.417 e. The maximum atomic E-state index is 14.0. The average molecular weight is 507 g/mol. The van der Waals surface area contributed by atoms with Crippen LogP contribution in [0.1, 0.15) is 44.3 Å². The molecule has 0 radical (unpaired) electrons. The van der Waals surface area contributed by atoms with Crippen LogP contribution in [0.15, 0.2) is 66.9 Å². The summed E-state index contributed by atoms with van der Waals surface area (Å²) in [5.41, 5.74) is 9.32. The molecule has 1 amide bonds. The number of nitrogen functional groups attached to an aromatic ring is 1. The van der Waals surface area contributed by atoms with Crippen molar-refractivity contribution in [1.29, 1.82) is 0 Å². The van der Waals surface area contributed by atoms with Crippen molar-refractivity contribution in [2.45, 2.75) is 38.2 Å². The Labute approximate surface area is 211 Å². The molecule has 9 heteroatoms. The van der Waals surface area contributed by atoms with Gasteiger partial charge in [0.25, 0.3) is 5.91 Å². The number of methoxy groups -OCH3 is 1. The smallest absolute Gasteiger partial charge is 0.383 e. The fourth-order valence-electron chi connectivity index (χ4n) is 4.87. The number of halogens is 3. The highest BCUT2D eigenvalue weighted by Crippen LogP contribution is 2.39. The molecule has 2 aromatic carbocycles. The number of aromatic nitrogens is 2. The van der Waals surface area contributed by atoms with E-state index >= 15 is 0 Å². The van der Waals surface area contributed by atoms with Crippen molar-refractivity contribution < 1.29 is 22.7 Å². The summed E-state index contributed by atoms with van der Waals surface area (Å²) in [5, 5.41) is 0.764. The maximum absolute atomic E-state index is 14.0. The molecule has 2 atom stereocenters. The van der Waals surface area contributed by atoms with Crippen molar-refractivity contribution in [3.8, 4) is 0 Å². The van der Waals surface area contributed by atoms with Crippen molar-refractivity contribution >= 4 is 22.6 Å². The molecule has 0 saturated heterocycles. The van der Waals surface area contributed by atoms with E-state index in [-0.39, 0.29) is 18.6 Å². The third-order valence-electron chi connectivity index (χ3n) is 6.82. The molecule has 37 heavy (non-hydrogen) atoms. The molecule has 6 nitrogen and oxygen atoms in total. The Kier molecular flexibility index (Phi) is 6.33. The number of rotatable bonds is 5. The Hall–Kier alpha value is -3.98. The van der Waals surface area contributed by atoms with Crippen LogP contribution in [-0.4, -0.2) is 34.0 Å². The molecule has 0 bridgehead atoms. The summed E-state index contributed by atoms with van der Waals surface area (Å²) in [4.78, 5) is 24.1. The van der Waals surface area contributed by atoms with Gasteiger partial charge in [-0.1, -0.05) is 24.3 Å². The third kappa shape index (κ3) is 4.74. The van der Waals surface area contributed by atoms with Crippen LogP contribution in [0.25, 0.3) is 10.9 Å². The van der Waals surface area contributed by atoms with E-state index in [0.29, 0.717) is 29.0 Å². The lowest BCUT2D eigenvalue weighted by Crippen LogP contribution is -2.39. The topological polar surface area (TPSA) is 81.3 Å². The molecule has 4 aromatic rings. The first-order valence-electron chi connectivity index (χ1n) is 11.8. The molecular weight excluding hydrogens is 481 g/mol. The van der Waals surface area contributed by atoms with Crippen molar-refractivity contribution in [3.05, 3.63) is 100 Å². The van der Waals surface area contributed by atoms with E-state index in [2.05, 4.69) is 9.97 Å². The highest BCUT2D eigenvalue weighted by atomic mass is 19.4. The van der Waals surface area contributed by atoms with Gasteiger partial charge in [-0.05, 0) is 60.0 Å². The fraction of sp³-hybridized carbons (Fsp3) is 0.250. The Bertz CT molecular complexity index is 1470. The van der Waals surface area contributed by atoms with Crippen LogP contribution < -0.4 is 5.73 Å². The van der Waals surface area contributed by atoms with Gasteiger partial charge in [0.1, 0.15) is 5.82 Å². The van der Waals surface area contributed by atoms with E-state index in [1.807, 2.05) is 37.3 Å². The number of hydrogen-bond donors (Lipinski definition) is 1. The second-order valence-electron chi connectivity index (χ2n) is 9.19. The first-order valence-corrected chi connectivity index (χ1v) is 11.8. The van der Waals surface area contributed by atoms with Gasteiger partial charge in [0, 0.05) is 30.7 Å². The van der Waals surface area contributed by atoms with E-state index in [0.717, 1.165) is 34.3 Å². The van der Waals surface area contributed by atoms with Gasteiger partial charge in [0.05, 0.1) is 35.5 Å². The molecule has 0 fully saturated rings. The summed E-state index contributed by atoms with van der Waals surface area (Å²) in [7, 11) is 1.59. The van der Waals surface area contributed by atoms with Crippen molar-refractivity contribution in [2.24, 2.45) is 0 Å². The van der Waals surface area contributed by atoms with Crippen LogP contribution in [0, 0.1) is 6.92 Å². The van der Waals surface area contributed by atoms with Gasteiger partial charge < -0.3 is 15.4 Å². The summed E-state index contributed by atoms with van der Waals surface area (Å²) in [5.74, 6) is 0.133. The number of hydrogen-bond acceptors (Lipinski definition) is 5. The molecule has 0 unspecified atom stereocenters. The molecule has 2 N–H and O–H groups in total. The number of nitrogens with zero attached hydrogens (tertiary/aromatic N) is 3. The molecule has 5 rings (SSSR count). The van der Waals surface area contributed by atoms with E-state index < -0.39 is 17.8 Å². The molecule has 0 saturated carbocycles. The second kappa shape index (κ2) is 9.48. The highest BCUT2D eigenvalue weighted by Gasteiger charge is 2.39. The van der Waals surface area contributed by atoms with Gasteiger partial charge in [0.2, 0.25) is 0 Å². The van der Waals surface area contributed by atoms with Gasteiger partial charge in [-0.15, -0.1) is 0 Å². The molecule has 190 valence electrons. The monoisotopic (exact) mass is 506 g/mol.